The number of hydrogen-bond donors (Lipinski definition) is 1. The Bertz CT molecular complexity index is 1330. The molecule has 0 aliphatic heterocycles. The molecule has 0 aliphatic carbocycles. The number of carbonyl (C=O) groups is 1. The predicted molar refractivity (Wildman–Crippen MR) is 111 cm³/mol. The van der Waals surface area contributed by atoms with Gasteiger partial charge >= 0.3 is 0 Å². The highest BCUT2D eigenvalue weighted by atomic mass is 32.2. The number of nitrogens with zero attached hydrogens (tertiary/aromatic N) is 1. The molecule has 6 nitrogen and oxygen atoms in total. The lowest BCUT2D eigenvalue weighted by Crippen LogP contribution is -2.11. The summed E-state index contributed by atoms with van der Waals surface area (Å²) in [6, 6.07) is 10.6. The van der Waals surface area contributed by atoms with E-state index in [2.05, 4.69) is 17.2 Å². The molecular weight excluding hydrogens is 396 g/mol. The van der Waals surface area contributed by atoms with Crippen LogP contribution in [0.15, 0.2) is 45.7 Å². The van der Waals surface area contributed by atoms with Crippen LogP contribution < -0.4 is 5.32 Å². The van der Waals surface area contributed by atoms with E-state index < -0.39 is 9.84 Å². The van der Waals surface area contributed by atoms with Crippen molar-refractivity contribution in [2.75, 3.05) is 11.6 Å². The highest BCUT2D eigenvalue weighted by Gasteiger charge is 2.19. The minimum atomic E-state index is -3.30. The molecule has 0 unspecified atom stereocenters. The van der Waals surface area contributed by atoms with Crippen molar-refractivity contribution in [2.24, 2.45) is 0 Å². The van der Waals surface area contributed by atoms with Gasteiger partial charge in [0.05, 0.1) is 15.1 Å². The summed E-state index contributed by atoms with van der Waals surface area (Å²) in [6.07, 6.45) is 2.06. The van der Waals surface area contributed by atoms with Crippen molar-refractivity contribution < 1.29 is 17.6 Å². The maximum absolute atomic E-state index is 12.7. The van der Waals surface area contributed by atoms with E-state index >= 15 is 0 Å². The van der Waals surface area contributed by atoms with E-state index in [-0.39, 0.29) is 16.6 Å². The Morgan fingerprint density at radius 3 is 2.71 bits per heavy atom. The Balaban J connectivity index is 1.66. The normalized spacial score (nSPS) is 12.0. The van der Waals surface area contributed by atoms with E-state index in [9.17, 15) is 13.2 Å². The van der Waals surface area contributed by atoms with Gasteiger partial charge in [-0.05, 0) is 49.2 Å². The quantitative estimate of drug-likeness (QED) is 0.528. The second kappa shape index (κ2) is 6.72. The lowest BCUT2D eigenvalue weighted by atomic mass is 10.1. The van der Waals surface area contributed by atoms with E-state index in [1.165, 1.54) is 23.0 Å². The number of rotatable bonds is 4. The highest BCUT2D eigenvalue weighted by Crippen LogP contribution is 2.30. The van der Waals surface area contributed by atoms with Crippen molar-refractivity contribution in [1.29, 1.82) is 0 Å². The molecule has 4 rings (SSSR count). The standard InChI is InChI=1S/C20H18N2O4S2/c1-4-12-5-8-16-14(9-12)11(2)18(26-16)19(23)22-20-21-15-7-6-13(28(3,24)25)10-17(15)27-20/h5-10H,4H2,1-3H3,(H,21,22,23). The van der Waals surface area contributed by atoms with Gasteiger partial charge in [0, 0.05) is 17.2 Å². The molecule has 0 radical (unpaired) electrons. The number of anilines is 1. The largest absolute Gasteiger partial charge is 0.451 e. The molecule has 0 fully saturated rings. The Kier molecular flexibility index (Phi) is 4.47. The van der Waals surface area contributed by atoms with Gasteiger partial charge in [-0.2, -0.15) is 0 Å². The molecule has 1 amide bonds. The molecule has 1 N–H and O–H groups in total. The molecule has 28 heavy (non-hydrogen) atoms. The molecular formula is C20H18N2O4S2. The first kappa shape index (κ1) is 18.6. The van der Waals surface area contributed by atoms with E-state index in [0.29, 0.717) is 20.9 Å². The fraction of sp³-hybridized carbons (Fsp3) is 0.200. The smallest absolute Gasteiger partial charge is 0.293 e. The number of nitrogens with one attached hydrogen (secondary N) is 1. The molecule has 144 valence electrons. The SMILES string of the molecule is CCc1ccc2oc(C(=O)Nc3nc4ccc(S(C)(=O)=O)cc4s3)c(C)c2c1. The number of sulfone groups is 1. The zero-order valence-electron chi connectivity index (χ0n) is 15.6. The molecule has 2 aromatic heterocycles. The van der Waals surface area contributed by atoms with Gasteiger partial charge in [0.1, 0.15) is 5.58 Å². The molecule has 0 saturated heterocycles. The van der Waals surface area contributed by atoms with Crippen LogP contribution in [0.1, 0.15) is 28.6 Å². The zero-order valence-corrected chi connectivity index (χ0v) is 17.2. The monoisotopic (exact) mass is 414 g/mol. The van der Waals surface area contributed by atoms with Gasteiger partial charge in [0.2, 0.25) is 0 Å². The first-order valence-corrected chi connectivity index (χ1v) is 11.4. The third kappa shape index (κ3) is 3.29. The second-order valence-electron chi connectivity index (χ2n) is 6.62. The summed E-state index contributed by atoms with van der Waals surface area (Å²) < 4.78 is 29.9. The third-order valence-electron chi connectivity index (χ3n) is 4.62. The minimum Gasteiger partial charge on any atom is -0.451 e. The Labute approximate surface area is 166 Å². The van der Waals surface area contributed by atoms with Gasteiger partial charge in [-0.3, -0.25) is 10.1 Å². The number of furan rings is 1. The lowest BCUT2D eigenvalue weighted by molar-refractivity contribution is 0.0998. The fourth-order valence-electron chi connectivity index (χ4n) is 3.05. The van der Waals surface area contributed by atoms with Crippen LogP contribution >= 0.6 is 11.3 Å². The summed E-state index contributed by atoms with van der Waals surface area (Å²) in [5, 5.41) is 4.07. The number of thiazole rings is 1. The number of aryl methyl sites for hydroxylation is 2. The van der Waals surface area contributed by atoms with Gasteiger partial charge in [-0.1, -0.05) is 24.3 Å². The summed E-state index contributed by atoms with van der Waals surface area (Å²) in [7, 11) is -3.30. The van der Waals surface area contributed by atoms with Crippen LogP contribution in [0.3, 0.4) is 0 Å². The van der Waals surface area contributed by atoms with Crippen molar-refractivity contribution in [2.45, 2.75) is 25.2 Å². The Hall–Kier alpha value is -2.71. The summed E-state index contributed by atoms with van der Waals surface area (Å²) >= 11 is 1.22. The Morgan fingerprint density at radius 2 is 2.00 bits per heavy atom. The number of fused-ring (bicyclic) bond motifs is 2. The second-order valence-corrected chi connectivity index (χ2v) is 9.66. The Morgan fingerprint density at radius 1 is 1.21 bits per heavy atom. The lowest BCUT2D eigenvalue weighted by Gasteiger charge is -1.99. The number of carbonyl (C=O) groups excluding carboxylic acids is 1. The van der Waals surface area contributed by atoms with E-state index in [1.54, 1.807) is 12.1 Å². The number of hydrogen-bond acceptors (Lipinski definition) is 6. The molecule has 8 heteroatoms. The number of aromatic nitrogens is 1. The third-order valence-corrected chi connectivity index (χ3v) is 6.67. The first-order chi connectivity index (χ1) is 13.3. The van der Waals surface area contributed by atoms with Crippen LogP contribution in [0, 0.1) is 6.92 Å². The predicted octanol–water partition coefficient (Wildman–Crippen LogP) is 4.57. The van der Waals surface area contributed by atoms with Crippen molar-refractivity contribution >= 4 is 53.4 Å². The molecule has 0 spiro atoms. The molecule has 0 saturated carbocycles. The van der Waals surface area contributed by atoms with Gasteiger partial charge < -0.3 is 4.42 Å². The van der Waals surface area contributed by atoms with Crippen LogP contribution in [0.5, 0.6) is 0 Å². The van der Waals surface area contributed by atoms with Crippen molar-refractivity contribution in [3.05, 3.63) is 53.3 Å². The first-order valence-electron chi connectivity index (χ1n) is 8.70. The number of benzene rings is 2. The molecule has 0 aliphatic rings. The van der Waals surface area contributed by atoms with Gasteiger partial charge in [0.15, 0.2) is 20.7 Å². The zero-order chi connectivity index (χ0) is 20.1. The average Bonchev–Trinajstić information content (AvgIpc) is 3.20. The van der Waals surface area contributed by atoms with Crippen molar-refractivity contribution in [3.8, 4) is 0 Å². The molecule has 2 heterocycles. The van der Waals surface area contributed by atoms with Crippen LogP contribution in [0.4, 0.5) is 5.13 Å². The molecule has 4 aromatic rings. The molecule has 2 aromatic carbocycles. The van der Waals surface area contributed by atoms with Crippen LogP contribution in [-0.4, -0.2) is 25.6 Å². The maximum Gasteiger partial charge on any atom is 0.293 e. The molecule has 0 atom stereocenters. The van der Waals surface area contributed by atoms with E-state index in [4.69, 9.17) is 4.42 Å². The summed E-state index contributed by atoms with van der Waals surface area (Å²) in [6.45, 7) is 3.93. The fourth-order valence-corrected chi connectivity index (χ4v) is 4.67. The summed E-state index contributed by atoms with van der Waals surface area (Å²) in [4.78, 5) is 17.3. The summed E-state index contributed by atoms with van der Waals surface area (Å²) in [5.74, 6) is -0.131. The summed E-state index contributed by atoms with van der Waals surface area (Å²) in [5.41, 5.74) is 3.25. The highest BCUT2D eigenvalue weighted by molar-refractivity contribution is 7.90. The molecule has 0 bridgehead atoms. The van der Waals surface area contributed by atoms with Crippen LogP contribution in [0.2, 0.25) is 0 Å². The van der Waals surface area contributed by atoms with E-state index in [0.717, 1.165) is 23.6 Å². The number of amides is 1. The average molecular weight is 415 g/mol. The topological polar surface area (TPSA) is 89.3 Å². The van der Waals surface area contributed by atoms with Crippen LogP contribution in [0.25, 0.3) is 21.2 Å². The van der Waals surface area contributed by atoms with Crippen molar-refractivity contribution in [1.82, 2.24) is 4.98 Å². The van der Waals surface area contributed by atoms with Gasteiger partial charge in [-0.25, -0.2) is 13.4 Å². The minimum absolute atomic E-state index is 0.224. The van der Waals surface area contributed by atoms with Crippen molar-refractivity contribution in [3.63, 3.8) is 0 Å². The maximum atomic E-state index is 12.7. The van der Waals surface area contributed by atoms with E-state index in [1.807, 2.05) is 25.1 Å². The van der Waals surface area contributed by atoms with Gasteiger partial charge in [0.25, 0.3) is 5.91 Å². The van der Waals surface area contributed by atoms with Gasteiger partial charge in [-0.15, -0.1) is 0 Å². The van der Waals surface area contributed by atoms with Crippen LogP contribution in [-0.2, 0) is 16.3 Å².